The van der Waals surface area contributed by atoms with Gasteiger partial charge in [-0.25, -0.2) is 9.97 Å². The van der Waals surface area contributed by atoms with Gasteiger partial charge in [0, 0.05) is 31.1 Å². The van der Waals surface area contributed by atoms with Gasteiger partial charge < -0.3 is 20.1 Å². The molecule has 2 aliphatic rings. The first-order chi connectivity index (χ1) is 14.1. The number of primary amides is 1. The lowest BCUT2D eigenvalue weighted by Crippen LogP contribution is -2.41. The fourth-order valence-electron chi connectivity index (χ4n) is 4.36. The second-order valence-corrected chi connectivity index (χ2v) is 7.86. The second kappa shape index (κ2) is 8.41. The highest BCUT2D eigenvalue weighted by Crippen LogP contribution is 2.36. The second-order valence-electron chi connectivity index (χ2n) is 7.86. The van der Waals surface area contributed by atoms with Gasteiger partial charge in [-0.3, -0.25) is 9.69 Å². The van der Waals surface area contributed by atoms with Gasteiger partial charge in [-0.1, -0.05) is 0 Å². The standard InChI is InChI=1S/C21H29N5O3/c1-28-17-10-15-16(11-18(17)29-2)23-19(24-21(15)26-8-3-4-9-26)13-25-7-5-6-14(12-25)20(22)27/h10-11,14H,3-9,12-13H2,1-2H3,(H2,22,27). The fourth-order valence-corrected chi connectivity index (χ4v) is 4.36. The van der Waals surface area contributed by atoms with Crippen LogP contribution in [-0.4, -0.2) is 61.2 Å². The van der Waals surface area contributed by atoms with Crippen LogP contribution in [0.3, 0.4) is 0 Å². The van der Waals surface area contributed by atoms with E-state index in [-0.39, 0.29) is 11.8 Å². The topological polar surface area (TPSA) is 93.8 Å². The molecule has 0 radical (unpaired) electrons. The number of hydrogen-bond acceptors (Lipinski definition) is 7. The van der Waals surface area contributed by atoms with E-state index in [1.54, 1.807) is 14.2 Å². The summed E-state index contributed by atoms with van der Waals surface area (Å²) in [5.41, 5.74) is 6.38. The van der Waals surface area contributed by atoms with Crippen LogP contribution >= 0.6 is 0 Å². The number of anilines is 1. The normalized spacial score (nSPS) is 20.2. The molecule has 1 aromatic carbocycles. The maximum atomic E-state index is 11.6. The maximum Gasteiger partial charge on any atom is 0.221 e. The summed E-state index contributed by atoms with van der Waals surface area (Å²) in [5, 5.41) is 0.974. The van der Waals surface area contributed by atoms with Gasteiger partial charge in [-0.2, -0.15) is 0 Å². The van der Waals surface area contributed by atoms with Crippen molar-refractivity contribution in [3.63, 3.8) is 0 Å². The van der Waals surface area contributed by atoms with Gasteiger partial charge in [-0.05, 0) is 38.3 Å². The Bertz CT molecular complexity index is 898. The summed E-state index contributed by atoms with van der Waals surface area (Å²) in [6.45, 7) is 4.19. The van der Waals surface area contributed by atoms with E-state index in [2.05, 4.69) is 9.80 Å². The molecule has 1 unspecified atom stereocenters. The molecule has 29 heavy (non-hydrogen) atoms. The van der Waals surface area contributed by atoms with E-state index in [0.717, 1.165) is 55.0 Å². The number of carbonyl (C=O) groups excluding carboxylic acids is 1. The van der Waals surface area contributed by atoms with E-state index in [1.807, 2.05) is 12.1 Å². The van der Waals surface area contributed by atoms with Crippen molar-refractivity contribution in [3.05, 3.63) is 18.0 Å². The quantitative estimate of drug-likeness (QED) is 0.793. The molecule has 2 fully saturated rings. The molecule has 2 aliphatic heterocycles. The minimum Gasteiger partial charge on any atom is -0.493 e. The molecule has 0 bridgehead atoms. The number of nitrogens with zero attached hydrogens (tertiary/aromatic N) is 4. The number of fused-ring (bicyclic) bond motifs is 1. The Kier molecular flexibility index (Phi) is 5.71. The predicted octanol–water partition coefficient (Wildman–Crippen LogP) is 1.94. The van der Waals surface area contributed by atoms with Crippen molar-refractivity contribution >= 4 is 22.6 Å². The Labute approximate surface area is 171 Å². The molecule has 2 saturated heterocycles. The number of hydrogen-bond donors (Lipinski definition) is 1. The number of benzene rings is 1. The van der Waals surface area contributed by atoms with E-state index in [9.17, 15) is 4.79 Å². The van der Waals surface area contributed by atoms with Crippen molar-refractivity contribution < 1.29 is 14.3 Å². The average molecular weight is 399 g/mol. The zero-order chi connectivity index (χ0) is 20.4. The molecule has 0 aliphatic carbocycles. The van der Waals surface area contributed by atoms with E-state index in [0.29, 0.717) is 24.6 Å². The van der Waals surface area contributed by atoms with Crippen molar-refractivity contribution in [2.45, 2.75) is 32.2 Å². The van der Waals surface area contributed by atoms with E-state index in [1.165, 1.54) is 12.8 Å². The summed E-state index contributed by atoms with van der Waals surface area (Å²) in [7, 11) is 3.27. The first kappa shape index (κ1) is 19.7. The van der Waals surface area contributed by atoms with E-state index >= 15 is 0 Å². The monoisotopic (exact) mass is 399 g/mol. The van der Waals surface area contributed by atoms with Crippen LogP contribution in [0.5, 0.6) is 11.5 Å². The van der Waals surface area contributed by atoms with Crippen molar-refractivity contribution in [1.29, 1.82) is 0 Å². The number of ether oxygens (including phenoxy) is 2. The van der Waals surface area contributed by atoms with Crippen molar-refractivity contribution in [2.24, 2.45) is 11.7 Å². The molecule has 1 atom stereocenters. The van der Waals surface area contributed by atoms with Crippen LogP contribution < -0.4 is 20.1 Å². The predicted molar refractivity (Wildman–Crippen MR) is 111 cm³/mol. The lowest BCUT2D eigenvalue weighted by molar-refractivity contribution is -0.123. The lowest BCUT2D eigenvalue weighted by Gasteiger charge is -2.30. The summed E-state index contributed by atoms with van der Waals surface area (Å²) in [5.74, 6) is 2.74. The third kappa shape index (κ3) is 4.07. The Balaban J connectivity index is 1.71. The fraction of sp³-hybridized carbons (Fsp3) is 0.571. The van der Waals surface area contributed by atoms with Gasteiger partial charge >= 0.3 is 0 Å². The maximum absolute atomic E-state index is 11.6. The molecule has 4 rings (SSSR count). The minimum absolute atomic E-state index is 0.0911. The molecule has 3 heterocycles. The molecule has 8 heteroatoms. The zero-order valence-corrected chi connectivity index (χ0v) is 17.2. The largest absolute Gasteiger partial charge is 0.493 e. The first-order valence-electron chi connectivity index (χ1n) is 10.3. The molecule has 2 N–H and O–H groups in total. The number of amides is 1. The number of nitrogens with two attached hydrogens (primary N) is 1. The van der Waals surface area contributed by atoms with Crippen molar-refractivity contribution in [2.75, 3.05) is 45.3 Å². The Hall–Kier alpha value is -2.61. The number of piperidine rings is 1. The number of likely N-dealkylation sites (tertiary alicyclic amines) is 1. The summed E-state index contributed by atoms with van der Waals surface area (Å²) in [4.78, 5) is 25.9. The molecular formula is C21H29N5O3. The number of rotatable bonds is 6. The SMILES string of the molecule is COc1cc2nc(CN3CCCC(C(N)=O)C3)nc(N3CCCC3)c2cc1OC. The molecule has 156 valence electrons. The van der Waals surface area contributed by atoms with Gasteiger partial charge in [0.1, 0.15) is 11.6 Å². The van der Waals surface area contributed by atoms with Crippen LogP contribution in [0.1, 0.15) is 31.5 Å². The average Bonchev–Trinajstić information content (AvgIpc) is 3.27. The van der Waals surface area contributed by atoms with Gasteiger partial charge in [0.25, 0.3) is 0 Å². The van der Waals surface area contributed by atoms with Crippen LogP contribution in [0.25, 0.3) is 10.9 Å². The molecule has 1 amide bonds. The highest BCUT2D eigenvalue weighted by atomic mass is 16.5. The van der Waals surface area contributed by atoms with Crippen LogP contribution in [0.15, 0.2) is 12.1 Å². The number of methoxy groups -OCH3 is 2. The molecular weight excluding hydrogens is 370 g/mol. The van der Waals surface area contributed by atoms with E-state index in [4.69, 9.17) is 25.2 Å². The van der Waals surface area contributed by atoms with Gasteiger partial charge in [0.05, 0.1) is 32.2 Å². The molecule has 1 aromatic heterocycles. The van der Waals surface area contributed by atoms with Gasteiger partial charge in [0.15, 0.2) is 11.5 Å². The van der Waals surface area contributed by atoms with Gasteiger partial charge in [0.2, 0.25) is 5.91 Å². The highest BCUT2D eigenvalue weighted by Gasteiger charge is 2.26. The minimum atomic E-state index is -0.219. The Morgan fingerprint density at radius 3 is 2.52 bits per heavy atom. The number of carbonyl (C=O) groups is 1. The lowest BCUT2D eigenvalue weighted by atomic mass is 9.97. The van der Waals surface area contributed by atoms with Crippen LogP contribution in [0, 0.1) is 5.92 Å². The smallest absolute Gasteiger partial charge is 0.221 e. The highest BCUT2D eigenvalue weighted by molar-refractivity contribution is 5.92. The Morgan fingerprint density at radius 2 is 1.83 bits per heavy atom. The number of aromatic nitrogens is 2. The van der Waals surface area contributed by atoms with E-state index < -0.39 is 0 Å². The molecule has 0 spiro atoms. The first-order valence-corrected chi connectivity index (χ1v) is 10.3. The molecule has 0 saturated carbocycles. The van der Waals surface area contributed by atoms with Crippen LogP contribution in [0.4, 0.5) is 5.82 Å². The van der Waals surface area contributed by atoms with Gasteiger partial charge in [-0.15, -0.1) is 0 Å². The van der Waals surface area contributed by atoms with Crippen molar-refractivity contribution in [3.8, 4) is 11.5 Å². The molecule has 8 nitrogen and oxygen atoms in total. The third-order valence-corrected chi connectivity index (χ3v) is 5.91. The van der Waals surface area contributed by atoms with Crippen LogP contribution in [-0.2, 0) is 11.3 Å². The third-order valence-electron chi connectivity index (χ3n) is 5.91. The van der Waals surface area contributed by atoms with Crippen molar-refractivity contribution in [1.82, 2.24) is 14.9 Å². The zero-order valence-electron chi connectivity index (χ0n) is 17.2. The summed E-state index contributed by atoms with van der Waals surface area (Å²) in [6, 6.07) is 3.89. The summed E-state index contributed by atoms with van der Waals surface area (Å²) < 4.78 is 11.0. The summed E-state index contributed by atoms with van der Waals surface area (Å²) >= 11 is 0. The van der Waals surface area contributed by atoms with Crippen LogP contribution in [0.2, 0.25) is 0 Å². The molecule has 2 aromatic rings. The summed E-state index contributed by atoms with van der Waals surface area (Å²) in [6.07, 6.45) is 4.16. The Morgan fingerprint density at radius 1 is 1.10 bits per heavy atom.